The van der Waals surface area contributed by atoms with E-state index in [0.717, 1.165) is 29.5 Å². The lowest BCUT2D eigenvalue weighted by Crippen LogP contribution is -2.33. The first kappa shape index (κ1) is 14.4. The topological polar surface area (TPSA) is 37.3 Å². The van der Waals surface area contributed by atoms with E-state index in [1.54, 1.807) is 0 Å². The second-order valence-electron chi connectivity index (χ2n) is 7.48. The van der Waals surface area contributed by atoms with Crippen LogP contribution in [0.1, 0.15) is 74.4 Å². The normalized spacial score (nSPS) is 23.6. The molecule has 0 amide bonds. The van der Waals surface area contributed by atoms with Crippen LogP contribution in [0.4, 0.5) is 0 Å². The van der Waals surface area contributed by atoms with Gasteiger partial charge in [-0.25, -0.2) is 0 Å². The van der Waals surface area contributed by atoms with E-state index >= 15 is 0 Å². The molecule has 0 bridgehead atoms. The molecule has 0 heterocycles. The van der Waals surface area contributed by atoms with E-state index in [-0.39, 0.29) is 23.0 Å². The standard InChI is InChI=1S/C19H24O2/c1-11(2)13-8-15-14(9-17(13)20)12-6-5-7-19(3,4)16(12)10-18(15)21/h6,8-9,11,16,20H,5,7,10H2,1-4H3. The molecule has 1 atom stereocenters. The molecule has 2 nitrogen and oxygen atoms in total. The second-order valence-corrected chi connectivity index (χ2v) is 7.48. The van der Waals surface area contributed by atoms with Gasteiger partial charge in [0.25, 0.3) is 0 Å². The van der Waals surface area contributed by atoms with Gasteiger partial charge in [0.05, 0.1) is 0 Å². The number of hydrogen-bond acceptors (Lipinski definition) is 2. The number of ketones is 1. The van der Waals surface area contributed by atoms with Crippen molar-refractivity contribution in [3.05, 3.63) is 34.9 Å². The minimum atomic E-state index is 0.157. The molecule has 0 saturated carbocycles. The number of rotatable bonds is 1. The van der Waals surface area contributed by atoms with Gasteiger partial charge < -0.3 is 5.11 Å². The lowest BCUT2D eigenvalue weighted by Gasteiger charge is -2.42. The molecular formula is C19H24O2. The summed E-state index contributed by atoms with van der Waals surface area (Å²) in [5, 5.41) is 10.3. The summed E-state index contributed by atoms with van der Waals surface area (Å²) in [6, 6.07) is 3.73. The van der Waals surface area contributed by atoms with Gasteiger partial charge >= 0.3 is 0 Å². The van der Waals surface area contributed by atoms with Crippen molar-refractivity contribution in [2.24, 2.45) is 11.3 Å². The van der Waals surface area contributed by atoms with Gasteiger partial charge in [-0.2, -0.15) is 0 Å². The van der Waals surface area contributed by atoms with Crippen LogP contribution in [0.3, 0.4) is 0 Å². The summed E-state index contributed by atoms with van der Waals surface area (Å²) in [5.41, 5.74) is 4.06. The Bertz CT molecular complexity index is 635. The molecule has 1 aromatic carbocycles. The van der Waals surface area contributed by atoms with Gasteiger partial charge in [0.15, 0.2) is 5.78 Å². The summed E-state index contributed by atoms with van der Waals surface area (Å²) in [6.45, 7) is 8.59. The van der Waals surface area contributed by atoms with Gasteiger partial charge in [-0.3, -0.25) is 4.79 Å². The van der Waals surface area contributed by atoms with E-state index in [0.29, 0.717) is 12.2 Å². The van der Waals surface area contributed by atoms with Crippen molar-refractivity contribution in [2.45, 2.75) is 52.9 Å². The molecule has 0 spiro atoms. The number of Topliss-reactive ketones (excluding diaryl/α,β-unsaturated/α-hetero) is 1. The fraction of sp³-hybridized carbons (Fsp3) is 0.526. The number of phenolic OH excluding ortho intramolecular Hbond substituents is 1. The summed E-state index contributed by atoms with van der Waals surface area (Å²) in [7, 11) is 0. The Hall–Kier alpha value is -1.57. The first-order valence-corrected chi connectivity index (χ1v) is 7.92. The zero-order chi connectivity index (χ0) is 15.4. The number of benzene rings is 1. The van der Waals surface area contributed by atoms with E-state index in [2.05, 4.69) is 19.9 Å². The highest BCUT2D eigenvalue weighted by Gasteiger charge is 2.41. The maximum atomic E-state index is 12.6. The van der Waals surface area contributed by atoms with Crippen molar-refractivity contribution in [3.63, 3.8) is 0 Å². The van der Waals surface area contributed by atoms with Crippen LogP contribution in [0.2, 0.25) is 0 Å². The SMILES string of the molecule is CC(C)c1cc2c(cc1O)C1=CCCC(C)(C)C1CC2=O. The van der Waals surface area contributed by atoms with Gasteiger partial charge in [-0.1, -0.05) is 33.8 Å². The molecule has 0 saturated heterocycles. The van der Waals surface area contributed by atoms with Crippen molar-refractivity contribution in [3.8, 4) is 5.75 Å². The number of fused-ring (bicyclic) bond motifs is 3. The molecule has 1 aromatic rings. The monoisotopic (exact) mass is 284 g/mol. The molecule has 2 aliphatic carbocycles. The fourth-order valence-electron chi connectivity index (χ4n) is 3.85. The quantitative estimate of drug-likeness (QED) is 0.794. The number of allylic oxidation sites excluding steroid dienone is 2. The van der Waals surface area contributed by atoms with Gasteiger partial charge in [0.1, 0.15) is 5.75 Å². The number of aromatic hydroxyl groups is 1. The third-order valence-electron chi connectivity index (χ3n) is 5.26. The molecule has 112 valence electrons. The summed E-state index contributed by atoms with van der Waals surface area (Å²) < 4.78 is 0. The maximum Gasteiger partial charge on any atom is 0.164 e. The van der Waals surface area contributed by atoms with Crippen molar-refractivity contribution in [2.75, 3.05) is 0 Å². The highest BCUT2D eigenvalue weighted by Crippen LogP contribution is 2.51. The number of carbonyl (C=O) groups excluding carboxylic acids is 1. The van der Waals surface area contributed by atoms with Crippen LogP contribution in [0, 0.1) is 11.3 Å². The zero-order valence-corrected chi connectivity index (χ0v) is 13.4. The molecular weight excluding hydrogens is 260 g/mol. The smallest absolute Gasteiger partial charge is 0.164 e. The van der Waals surface area contributed by atoms with E-state index in [9.17, 15) is 9.90 Å². The van der Waals surface area contributed by atoms with E-state index in [1.807, 2.05) is 26.0 Å². The van der Waals surface area contributed by atoms with Crippen LogP contribution in [-0.4, -0.2) is 10.9 Å². The number of carbonyl (C=O) groups is 1. The largest absolute Gasteiger partial charge is 0.508 e. The molecule has 2 heteroatoms. The highest BCUT2D eigenvalue weighted by molar-refractivity contribution is 6.05. The molecule has 3 rings (SSSR count). The van der Waals surface area contributed by atoms with Crippen molar-refractivity contribution < 1.29 is 9.90 Å². The first-order chi connectivity index (χ1) is 9.81. The Labute approximate surface area is 126 Å². The second kappa shape index (κ2) is 4.72. The third kappa shape index (κ3) is 2.21. The van der Waals surface area contributed by atoms with Gasteiger partial charge in [0, 0.05) is 12.0 Å². The number of hydrogen-bond donors (Lipinski definition) is 1. The molecule has 0 fully saturated rings. The van der Waals surface area contributed by atoms with Crippen LogP contribution >= 0.6 is 0 Å². The molecule has 2 aliphatic rings. The predicted molar refractivity (Wildman–Crippen MR) is 85.6 cm³/mol. The average molecular weight is 284 g/mol. The minimum absolute atomic E-state index is 0.157. The van der Waals surface area contributed by atoms with Crippen LogP contribution < -0.4 is 0 Å². The maximum absolute atomic E-state index is 12.6. The summed E-state index contributed by atoms with van der Waals surface area (Å²) in [4.78, 5) is 12.6. The summed E-state index contributed by atoms with van der Waals surface area (Å²) in [5.74, 6) is 1.05. The Morgan fingerprint density at radius 1 is 1.24 bits per heavy atom. The zero-order valence-electron chi connectivity index (χ0n) is 13.4. The molecule has 1 unspecified atom stereocenters. The molecule has 0 aliphatic heterocycles. The van der Waals surface area contributed by atoms with Crippen molar-refractivity contribution in [1.82, 2.24) is 0 Å². The number of phenols is 1. The first-order valence-electron chi connectivity index (χ1n) is 7.92. The highest BCUT2D eigenvalue weighted by atomic mass is 16.3. The van der Waals surface area contributed by atoms with Gasteiger partial charge in [-0.15, -0.1) is 0 Å². The lowest BCUT2D eigenvalue weighted by molar-refractivity contribution is 0.0920. The van der Waals surface area contributed by atoms with Crippen LogP contribution in [0.5, 0.6) is 5.75 Å². The van der Waals surface area contributed by atoms with E-state index in [1.165, 1.54) is 5.57 Å². The minimum Gasteiger partial charge on any atom is -0.508 e. The van der Waals surface area contributed by atoms with E-state index < -0.39 is 0 Å². The van der Waals surface area contributed by atoms with Gasteiger partial charge in [-0.05, 0) is 58.9 Å². The summed E-state index contributed by atoms with van der Waals surface area (Å²) in [6.07, 6.45) is 5.06. The van der Waals surface area contributed by atoms with E-state index in [4.69, 9.17) is 0 Å². The molecule has 21 heavy (non-hydrogen) atoms. The molecule has 1 N–H and O–H groups in total. The van der Waals surface area contributed by atoms with Crippen LogP contribution in [-0.2, 0) is 0 Å². The Balaban J connectivity index is 2.19. The molecule has 0 radical (unpaired) electrons. The Morgan fingerprint density at radius 3 is 2.62 bits per heavy atom. The van der Waals surface area contributed by atoms with Gasteiger partial charge in [0.2, 0.25) is 0 Å². The average Bonchev–Trinajstić information content (AvgIpc) is 2.39. The van der Waals surface area contributed by atoms with Crippen LogP contribution in [0.25, 0.3) is 5.57 Å². The van der Waals surface area contributed by atoms with Crippen molar-refractivity contribution in [1.29, 1.82) is 0 Å². The fourth-order valence-corrected chi connectivity index (χ4v) is 3.85. The molecule has 0 aromatic heterocycles. The lowest BCUT2D eigenvalue weighted by atomic mass is 9.61. The Kier molecular flexibility index (Phi) is 3.23. The summed E-state index contributed by atoms with van der Waals surface area (Å²) >= 11 is 0. The Morgan fingerprint density at radius 2 is 1.95 bits per heavy atom. The third-order valence-corrected chi connectivity index (χ3v) is 5.26. The van der Waals surface area contributed by atoms with Crippen LogP contribution in [0.15, 0.2) is 18.2 Å². The van der Waals surface area contributed by atoms with Crippen molar-refractivity contribution >= 4 is 11.4 Å². The predicted octanol–water partition coefficient (Wildman–Crippen LogP) is 4.92.